The second kappa shape index (κ2) is 8.61. The summed E-state index contributed by atoms with van der Waals surface area (Å²) in [6.45, 7) is 0.947. The lowest BCUT2D eigenvalue weighted by Crippen LogP contribution is -2.44. The molecule has 3 fully saturated rings. The van der Waals surface area contributed by atoms with Crippen molar-refractivity contribution in [1.82, 2.24) is 14.7 Å². The number of aromatic nitrogens is 2. The number of rotatable bonds is 4. The number of hydrogen-bond donors (Lipinski definition) is 2. The van der Waals surface area contributed by atoms with Crippen LogP contribution in [0.2, 0.25) is 5.02 Å². The fraction of sp³-hybridized carbons (Fsp3) is 0.522. The minimum atomic E-state index is -2.74. The van der Waals surface area contributed by atoms with Crippen LogP contribution in [0.4, 0.5) is 29.5 Å². The molecule has 0 radical (unpaired) electrons. The number of anilines is 2. The standard InChI is InChI=1S/C23H25ClF3N5O3/c1-31-20(28)18(21(33)29-14-2-3-17(25)16(24)6-14)19(30-31)11-4-12-9-32(10-13(12)5-11)22(34)35-15-7-23(26,27)8-15/h2-3,6,11-13,15H,4-5,7-10,28H2,1H3,(H,29,33). The first-order chi connectivity index (χ1) is 16.5. The van der Waals surface area contributed by atoms with Crippen molar-refractivity contribution in [3.63, 3.8) is 0 Å². The molecular weight excluding hydrogens is 487 g/mol. The molecule has 2 unspecified atom stereocenters. The minimum absolute atomic E-state index is 0.0328. The van der Waals surface area contributed by atoms with Crippen LogP contribution in [-0.2, 0) is 11.8 Å². The van der Waals surface area contributed by atoms with E-state index in [-0.39, 0.29) is 34.2 Å². The highest BCUT2D eigenvalue weighted by Crippen LogP contribution is 2.48. The van der Waals surface area contributed by atoms with E-state index in [9.17, 15) is 22.8 Å². The molecule has 8 nitrogen and oxygen atoms in total. The predicted molar refractivity (Wildman–Crippen MR) is 122 cm³/mol. The van der Waals surface area contributed by atoms with E-state index < -0.39 is 42.7 Å². The summed E-state index contributed by atoms with van der Waals surface area (Å²) in [5.74, 6) is -3.24. The lowest BCUT2D eigenvalue weighted by molar-refractivity contribution is -0.147. The average molecular weight is 512 g/mol. The molecule has 2 aromatic rings. The quantitative estimate of drug-likeness (QED) is 0.633. The number of carbonyl (C=O) groups is 2. The van der Waals surface area contributed by atoms with E-state index in [0.29, 0.717) is 37.3 Å². The minimum Gasteiger partial charge on any atom is -0.446 e. The van der Waals surface area contributed by atoms with Crippen LogP contribution >= 0.6 is 11.6 Å². The number of nitrogens with one attached hydrogen (secondary N) is 1. The van der Waals surface area contributed by atoms with Gasteiger partial charge in [-0.2, -0.15) is 5.10 Å². The van der Waals surface area contributed by atoms with Crippen LogP contribution in [0.3, 0.4) is 0 Å². The normalized spacial score (nSPS) is 25.3. The zero-order valence-electron chi connectivity index (χ0n) is 18.9. The molecule has 0 spiro atoms. The first-order valence-corrected chi connectivity index (χ1v) is 11.8. The van der Waals surface area contributed by atoms with E-state index in [1.54, 1.807) is 11.9 Å². The summed E-state index contributed by atoms with van der Waals surface area (Å²) in [4.78, 5) is 27.1. The smallest absolute Gasteiger partial charge is 0.410 e. The number of fused-ring (bicyclic) bond motifs is 1. The summed E-state index contributed by atoms with van der Waals surface area (Å²) < 4.78 is 46.1. The molecule has 1 aromatic heterocycles. The Morgan fingerprint density at radius 3 is 2.49 bits per heavy atom. The Labute approximate surface area is 204 Å². The molecule has 5 rings (SSSR count). The summed E-state index contributed by atoms with van der Waals surface area (Å²) in [5, 5.41) is 7.10. The van der Waals surface area contributed by atoms with Crippen LogP contribution in [0.15, 0.2) is 18.2 Å². The van der Waals surface area contributed by atoms with Crippen molar-refractivity contribution in [3.8, 4) is 0 Å². The molecule has 2 saturated carbocycles. The molecule has 1 saturated heterocycles. The van der Waals surface area contributed by atoms with Gasteiger partial charge in [0.1, 0.15) is 23.3 Å². The topological polar surface area (TPSA) is 102 Å². The number of ether oxygens (including phenoxy) is 1. The molecule has 35 heavy (non-hydrogen) atoms. The van der Waals surface area contributed by atoms with Crippen molar-refractivity contribution in [1.29, 1.82) is 0 Å². The van der Waals surface area contributed by atoms with Gasteiger partial charge in [0.05, 0.1) is 10.7 Å². The third kappa shape index (κ3) is 4.53. The zero-order valence-corrected chi connectivity index (χ0v) is 19.7. The van der Waals surface area contributed by atoms with Gasteiger partial charge in [-0.15, -0.1) is 0 Å². The van der Waals surface area contributed by atoms with Gasteiger partial charge in [0, 0.05) is 44.6 Å². The second-order valence-corrected chi connectivity index (χ2v) is 10.1. The van der Waals surface area contributed by atoms with Gasteiger partial charge in [-0.05, 0) is 42.9 Å². The van der Waals surface area contributed by atoms with Crippen LogP contribution in [0.1, 0.15) is 47.7 Å². The summed E-state index contributed by atoms with van der Waals surface area (Å²) in [7, 11) is 1.65. The fourth-order valence-electron chi connectivity index (χ4n) is 5.42. The molecule has 3 N–H and O–H groups in total. The number of carbonyl (C=O) groups excluding carboxylic acids is 2. The number of nitrogen functional groups attached to an aromatic ring is 1. The van der Waals surface area contributed by atoms with Gasteiger partial charge in [-0.3, -0.25) is 9.48 Å². The Kier molecular flexibility index (Phi) is 5.85. The number of nitrogens with zero attached hydrogens (tertiary/aromatic N) is 3. The second-order valence-electron chi connectivity index (χ2n) is 9.72. The Morgan fingerprint density at radius 1 is 1.23 bits per heavy atom. The SMILES string of the molecule is Cn1nc(C2CC3CN(C(=O)OC4CC(F)(F)C4)CC3C2)c(C(=O)Nc2ccc(F)c(Cl)c2)c1N. The molecule has 2 atom stereocenters. The van der Waals surface area contributed by atoms with Gasteiger partial charge in [0.25, 0.3) is 11.8 Å². The third-order valence-corrected chi connectivity index (χ3v) is 7.53. The number of halogens is 4. The van der Waals surface area contributed by atoms with E-state index in [2.05, 4.69) is 10.4 Å². The highest BCUT2D eigenvalue weighted by molar-refractivity contribution is 6.31. The molecule has 1 aliphatic heterocycles. The summed E-state index contributed by atoms with van der Waals surface area (Å²) >= 11 is 5.82. The number of aryl methyl sites for hydroxylation is 1. The van der Waals surface area contributed by atoms with Crippen molar-refractivity contribution in [2.75, 3.05) is 24.1 Å². The highest BCUT2D eigenvalue weighted by atomic mass is 35.5. The summed E-state index contributed by atoms with van der Waals surface area (Å²) in [6, 6.07) is 3.89. The van der Waals surface area contributed by atoms with Gasteiger partial charge in [-0.1, -0.05) is 11.6 Å². The van der Waals surface area contributed by atoms with Crippen molar-refractivity contribution < 1.29 is 27.5 Å². The molecule has 2 aliphatic carbocycles. The molecule has 2 heterocycles. The van der Waals surface area contributed by atoms with E-state index in [1.165, 1.54) is 16.8 Å². The number of likely N-dealkylation sites (tertiary alicyclic amines) is 1. The maximum Gasteiger partial charge on any atom is 0.410 e. The monoisotopic (exact) mass is 511 g/mol. The van der Waals surface area contributed by atoms with Crippen molar-refractivity contribution in [2.24, 2.45) is 18.9 Å². The summed E-state index contributed by atoms with van der Waals surface area (Å²) in [6.07, 6.45) is -0.699. The van der Waals surface area contributed by atoms with Crippen LogP contribution < -0.4 is 11.1 Å². The van der Waals surface area contributed by atoms with Gasteiger partial charge in [0.2, 0.25) is 0 Å². The van der Waals surface area contributed by atoms with Gasteiger partial charge >= 0.3 is 6.09 Å². The average Bonchev–Trinajstić information content (AvgIpc) is 3.41. The molecule has 2 amide bonds. The Bertz CT molecular complexity index is 1170. The Hall–Kier alpha value is -2.95. The van der Waals surface area contributed by atoms with Crippen molar-refractivity contribution in [3.05, 3.63) is 40.3 Å². The number of benzene rings is 1. The summed E-state index contributed by atoms with van der Waals surface area (Å²) in [5.41, 5.74) is 7.35. The number of amides is 2. The Balaban J connectivity index is 1.24. The molecule has 12 heteroatoms. The molecule has 0 bridgehead atoms. The first-order valence-electron chi connectivity index (χ1n) is 11.4. The van der Waals surface area contributed by atoms with Gasteiger partial charge in [-0.25, -0.2) is 18.0 Å². The van der Waals surface area contributed by atoms with Crippen LogP contribution in [0, 0.1) is 17.7 Å². The maximum absolute atomic E-state index is 13.5. The molecule has 188 valence electrons. The number of hydrogen-bond acceptors (Lipinski definition) is 5. The first kappa shape index (κ1) is 23.8. The van der Waals surface area contributed by atoms with Crippen LogP contribution in [-0.4, -0.2) is 51.8 Å². The fourth-order valence-corrected chi connectivity index (χ4v) is 5.60. The van der Waals surface area contributed by atoms with E-state index >= 15 is 0 Å². The molecule has 1 aromatic carbocycles. The van der Waals surface area contributed by atoms with Crippen LogP contribution in [0.5, 0.6) is 0 Å². The van der Waals surface area contributed by atoms with Gasteiger partial charge < -0.3 is 20.7 Å². The number of nitrogens with two attached hydrogens (primary N) is 1. The largest absolute Gasteiger partial charge is 0.446 e. The third-order valence-electron chi connectivity index (χ3n) is 7.24. The number of alkyl halides is 2. The van der Waals surface area contributed by atoms with E-state index in [0.717, 1.165) is 6.07 Å². The maximum atomic E-state index is 13.5. The van der Waals surface area contributed by atoms with Crippen molar-refractivity contribution in [2.45, 2.75) is 43.6 Å². The lowest BCUT2D eigenvalue weighted by atomic mass is 9.91. The van der Waals surface area contributed by atoms with Gasteiger partial charge in [0.15, 0.2) is 0 Å². The lowest BCUT2D eigenvalue weighted by Gasteiger charge is -2.35. The Morgan fingerprint density at radius 2 is 1.89 bits per heavy atom. The molecule has 3 aliphatic rings. The predicted octanol–water partition coefficient (Wildman–Crippen LogP) is 4.41. The van der Waals surface area contributed by atoms with Crippen molar-refractivity contribution >= 4 is 35.1 Å². The molecular formula is C23H25ClF3N5O3. The van der Waals surface area contributed by atoms with E-state index in [4.69, 9.17) is 22.1 Å². The highest BCUT2D eigenvalue weighted by Gasteiger charge is 2.49. The van der Waals surface area contributed by atoms with Crippen LogP contribution in [0.25, 0.3) is 0 Å². The van der Waals surface area contributed by atoms with E-state index in [1.807, 2.05) is 0 Å². The zero-order chi connectivity index (χ0) is 25.1.